The number of halogens is 4. The maximum Gasteiger partial charge on any atom is 0.436 e. The van der Waals surface area contributed by atoms with E-state index in [4.69, 9.17) is 11.6 Å². The molecule has 1 aliphatic heterocycles. The van der Waals surface area contributed by atoms with Crippen molar-refractivity contribution in [3.8, 4) is 0 Å². The molecule has 0 atom stereocenters. The number of hydrogen-bond acceptors (Lipinski definition) is 4. The van der Waals surface area contributed by atoms with E-state index in [0.29, 0.717) is 26.2 Å². The molecule has 0 aromatic carbocycles. The Hall–Kier alpha value is -2.29. The first-order valence-electron chi connectivity index (χ1n) is 10.00. The van der Waals surface area contributed by atoms with Crippen molar-refractivity contribution in [1.29, 1.82) is 0 Å². The molecule has 1 saturated heterocycles. The van der Waals surface area contributed by atoms with Crippen molar-refractivity contribution in [2.24, 2.45) is 0 Å². The minimum Gasteiger partial charge on any atom is -0.368 e. The van der Waals surface area contributed by atoms with Crippen LogP contribution in [0.15, 0.2) is 24.5 Å². The second kappa shape index (κ2) is 11.8. The summed E-state index contributed by atoms with van der Waals surface area (Å²) in [5, 5.41) is 3.01. The summed E-state index contributed by atoms with van der Waals surface area (Å²) in [6.45, 7) is 11.4. The van der Waals surface area contributed by atoms with Crippen molar-refractivity contribution in [2.45, 2.75) is 47.3 Å². The first-order chi connectivity index (χ1) is 14.3. The Balaban J connectivity index is 0.00000106. The van der Waals surface area contributed by atoms with E-state index in [1.165, 1.54) is 6.92 Å². The maximum atomic E-state index is 12.9. The summed E-state index contributed by atoms with van der Waals surface area (Å²) < 4.78 is 39.6. The number of aromatic nitrogens is 3. The maximum absolute atomic E-state index is 12.9. The molecule has 2 aromatic rings. The molecule has 2 aromatic heterocycles. The third-order valence-corrected chi connectivity index (χ3v) is 4.80. The van der Waals surface area contributed by atoms with Gasteiger partial charge in [0.15, 0.2) is 5.69 Å². The monoisotopic (exact) mass is 447 g/mol. The Morgan fingerprint density at radius 1 is 1.07 bits per heavy atom. The van der Waals surface area contributed by atoms with Crippen LogP contribution < -0.4 is 4.90 Å². The number of pyridine rings is 1. The standard InChI is InChI=1S/C16H17ClF3N5O.2C2H6/c1-11-14(17)15(16(18,19)20)22-25(11)10-13(26)24-8-6-23(7-9-24)12-2-4-21-5-3-12;2*1-2/h2-5H,6-10H2,1H3;2*1-2H3. The molecule has 0 aliphatic carbocycles. The van der Waals surface area contributed by atoms with Crippen molar-refractivity contribution in [2.75, 3.05) is 31.1 Å². The van der Waals surface area contributed by atoms with Crippen LogP contribution in [0.5, 0.6) is 0 Å². The molecule has 0 unspecified atom stereocenters. The van der Waals surface area contributed by atoms with Crippen molar-refractivity contribution in [3.63, 3.8) is 0 Å². The minimum atomic E-state index is -4.65. The van der Waals surface area contributed by atoms with Gasteiger partial charge in [0.1, 0.15) is 6.54 Å². The largest absolute Gasteiger partial charge is 0.436 e. The third-order valence-electron chi connectivity index (χ3n) is 4.35. The lowest BCUT2D eigenvalue weighted by Crippen LogP contribution is -2.49. The van der Waals surface area contributed by atoms with Crippen LogP contribution in [-0.2, 0) is 17.5 Å². The fourth-order valence-electron chi connectivity index (χ4n) is 2.86. The second-order valence-corrected chi connectivity index (χ2v) is 6.35. The van der Waals surface area contributed by atoms with Gasteiger partial charge in [-0.25, -0.2) is 0 Å². The molecule has 0 N–H and O–H groups in total. The predicted octanol–water partition coefficient (Wildman–Crippen LogP) is 4.66. The van der Waals surface area contributed by atoms with Crippen LogP contribution in [0.1, 0.15) is 39.1 Å². The average molecular weight is 448 g/mol. The smallest absolute Gasteiger partial charge is 0.368 e. The van der Waals surface area contributed by atoms with Gasteiger partial charge in [-0.3, -0.25) is 14.5 Å². The highest BCUT2D eigenvalue weighted by Gasteiger charge is 2.38. The van der Waals surface area contributed by atoms with Crippen LogP contribution >= 0.6 is 11.6 Å². The summed E-state index contributed by atoms with van der Waals surface area (Å²) >= 11 is 5.71. The zero-order chi connectivity index (χ0) is 22.9. The molecule has 0 radical (unpaired) electrons. The highest BCUT2D eigenvalue weighted by atomic mass is 35.5. The molecular weight excluding hydrogens is 419 g/mol. The van der Waals surface area contributed by atoms with Gasteiger partial charge >= 0.3 is 6.18 Å². The summed E-state index contributed by atoms with van der Waals surface area (Å²) in [6.07, 6.45) is -1.24. The highest BCUT2D eigenvalue weighted by molar-refractivity contribution is 6.32. The first kappa shape index (κ1) is 25.7. The molecule has 30 heavy (non-hydrogen) atoms. The molecule has 1 aliphatic rings. The summed E-state index contributed by atoms with van der Waals surface area (Å²) in [7, 11) is 0. The lowest BCUT2D eigenvalue weighted by molar-refractivity contribution is -0.142. The van der Waals surface area contributed by atoms with Crippen molar-refractivity contribution in [3.05, 3.63) is 40.9 Å². The van der Waals surface area contributed by atoms with Gasteiger partial charge in [-0.2, -0.15) is 18.3 Å². The highest BCUT2D eigenvalue weighted by Crippen LogP contribution is 2.35. The lowest BCUT2D eigenvalue weighted by atomic mass is 10.2. The van der Waals surface area contributed by atoms with E-state index in [1.54, 1.807) is 17.3 Å². The van der Waals surface area contributed by atoms with Gasteiger partial charge in [-0.15, -0.1) is 0 Å². The van der Waals surface area contributed by atoms with Crippen LogP contribution in [0.25, 0.3) is 0 Å². The summed E-state index contributed by atoms with van der Waals surface area (Å²) in [5.41, 5.74) is -0.00800. The first-order valence-corrected chi connectivity index (χ1v) is 10.4. The number of hydrogen-bond donors (Lipinski definition) is 0. The van der Waals surface area contributed by atoms with E-state index >= 15 is 0 Å². The zero-order valence-corrected chi connectivity index (χ0v) is 18.8. The van der Waals surface area contributed by atoms with Crippen molar-refractivity contribution < 1.29 is 18.0 Å². The van der Waals surface area contributed by atoms with E-state index < -0.39 is 16.9 Å². The number of rotatable bonds is 3. The van der Waals surface area contributed by atoms with Gasteiger partial charge in [0, 0.05) is 44.3 Å². The summed E-state index contributed by atoms with van der Waals surface area (Å²) in [4.78, 5) is 20.2. The van der Waals surface area contributed by atoms with Crippen molar-refractivity contribution in [1.82, 2.24) is 19.7 Å². The molecule has 1 amide bonds. The average Bonchev–Trinajstić information content (AvgIpc) is 3.06. The number of piperazine rings is 1. The SMILES string of the molecule is CC.CC.Cc1c(Cl)c(C(F)(F)F)nn1CC(=O)N1CCN(c2ccncc2)CC1. The number of nitrogens with zero attached hydrogens (tertiary/aromatic N) is 5. The Labute approximate surface area is 180 Å². The predicted molar refractivity (Wildman–Crippen MR) is 113 cm³/mol. The topological polar surface area (TPSA) is 54.3 Å². The van der Waals surface area contributed by atoms with Crippen LogP contribution in [-0.4, -0.2) is 51.8 Å². The molecule has 1 fully saturated rings. The molecule has 0 bridgehead atoms. The van der Waals surface area contributed by atoms with Gasteiger partial charge in [0.25, 0.3) is 0 Å². The van der Waals surface area contributed by atoms with Gasteiger partial charge in [0.2, 0.25) is 5.91 Å². The number of carbonyl (C=O) groups excluding carboxylic acids is 1. The zero-order valence-electron chi connectivity index (χ0n) is 18.0. The Morgan fingerprint density at radius 3 is 2.07 bits per heavy atom. The number of anilines is 1. The fraction of sp³-hybridized carbons (Fsp3) is 0.550. The van der Waals surface area contributed by atoms with Gasteiger partial charge in [-0.1, -0.05) is 39.3 Å². The van der Waals surface area contributed by atoms with E-state index in [-0.39, 0.29) is 18.1 Å². The van der Waals surface area contributed by atoms with Crippen molar-refractivity contribution >= 4 is 23.2 Å². The number of alkyl halides is 3. The molecule has 3 rings (SSSR count). The quantitative estimate of drug-likeness (QED) is 0.686. The van der Waals surface area contributed by atoms with Crippen LogP contribution in [0.3, 0.4) is 0 Å². The van der Waals surface area contributed by atoms with E-state index in [9.17, 15) is 18.0 Å². The molecular formula is C20H29ClF3N5O. The van der Waals surface area contributed by atoms with E-state index in [1.807, 2.05) is 39.8 Å². The van der Waals surface area contributed by atoms with Gasteiger partial charge in [-0.05, 0) is 19.1 Å². The number of amides is 1. The summed E-state index contributed by atoms with van der Waals surface area (Å²) in [5.74, 6) is -0.282. The Morgan fingerprint density at radius 2 is 1.60 bits per heavy atom. The van der Waals surface area contributed by atoms with Crippen LogP contribution in [0.2, 0.25) is 5.02 Å². The number of carbonyl (C=O) groups is 1. The molecule has 168 valence electrons. The lowest BCUT2D eigenvalue weighted by Gasteiger charge is -2.36. The van der Waals surface area contributed by atoms with Gasteiger partial charge < -0.3 is 9.80 Å². The molecule has 3 heterocycles. The third kappa shape index (κ3) is 6.35. The Bertz CT molecular complexity index is 788. The van der Waals surface area contributed by atoms with E-state index in [2.05, 4.69) is 15.0 Å². The Kier molecular flexibility index (Phi) is 10.1. The molecule has 6 nitrogen and oxygen atoms in total. The fourth-order valence-corrected chi connectivity index (χ4v) is 3.10. The second-order valence-electron chi connectivity index (χ2n) is 5.98. The molecule has 0 spiro atoms. The van der Waals surface area contributed by atoms with Crippen LogP contribution in [0.4, 0.5) is 18.9 Å². The minimum absolute atomic E-state index is 0.128. The molecule has 10 heteroatoms. The normalized spacial score (nSPS) is 13.8. The van der Waals surface area contributed by atoms with Crippen LogP contribution in [0, 0.1) is 6.92 Å². The molecule has 0 saturated carbocycles. The van der Waals surface area contributed by atoms with Gasteiger partial charge in [0.05, 0.1) is 10.7 Å². The van der Waals surface area contributed by atoms with E-state index in [0.717, 1.165) is 10.4 Å². The summed E-state index contributed by atoms with van der Waals surface area (Å²) in [6, 6.07) is 3.79.